The zero-order valence-corrected chi connectivity index (χ0v) is 16.7. The molecule has 2 heterocycles. The lowest BCUT2D eigenvalue weighted by Crippen LogP contribution is -2.37. The van der Waals surface area contributed by atoms with Crippen LogP contribution in [0.3, 0.4) is 0 Å². The van der Waals surface area contributed by atoms with Gasteiger partial charge in [0.2, 0.25) is 0 Å². The summed E-state index contributed by atoms with van der Waals surface area (Å²) < 4.78 is 4.78. The first kappa shape index (κ1) is 20.0. The van der Waals surface area contributed by atoms with E-state index < -0.39 is 6.16 Å². The summed E-state index contributed by atoms with van der Waals surface area (Å²) in [6, 6.07) is 13.1. The highest BCUT2D eigenvalue weighted by Crippen LogP contribution is 2.30. The highest BCUT2D eigenvalue weighted by Gasteiger charge is 2.22. The predicted molar refractivity (Wildman–Crippen MR) is 116 cm³/mol. The molecule has 1 aliphatic heterocycles. The summed E-state index contributed by atoms with van der Waals surface area (Å²) in [5, 5.41) is 23.2. The van der Waals surface area contributed by atoms with Gasteiger partial charge in [0.25, 0.3) is 0 Å². The van der Waals surface area contributed by atoms with Crippen LogP contribution in [0.2, 0.25) is 0 Å². The number of aromatic hydroxyl groups is 1. The Kier molecular flexibility index (Phi) is 6.05. The number of ether oxygens (including phenoxy) is 1. The van der Waals surface area contributed by atoms with E-state index in [0.29, 0.717) is 17.5 Å². The number of hydrogen-bond acceptors (Lipinski definition) is 4. The zero-order valence-electron chi connectivity index (χ0n) is 16.7. The number of phenols is 1. The molecule has 0 saturated heterocycles. The molecule has 30 heavy (non-hydrogen) atoms. The van der Waals surface area contributed by atoms with Gasteiger partial charge in [-0.05, 0) is 60.7 Å². The minimum Gasteiger partial charge on any atom is -0.508 e. The maximum atomic E-state index is 10.8. The average Bonchev–Trinajstić information content (AvgIpc) is 3.13. The van der Waals surface area contributed by atoms with Crippen molar-refractivity contribution in [2.75, 3.05) is 6.54 Å². The molecule has 6 nitrogen and oxygen atoms in total. The van der Waals surface area contributed by atoms with Crippen molar-refractivity contribution in [2.45, 2.75) is 37.6 Å². The number of carbonyl (C=O) groups is 1. The minimum absolute atomic E-state index is 0.259. The Hall–Kier alpha value is -3.25. The second-order valence-electron chi connectivity index (χ2n) is 7.70. The predicted octanol–water partition coefficient (Wildman–Crippen LogP) is 4.95. The number of aromatic nitrogens is 1. The fourth-order valence-corrected chi connectivity index (χ4v) is 4.26. The van der Waals surface area contributed by atoms with E-state index in [1.807, 2.05) is 24.4 Å². The van der Waals surface area contributed by atoms with Crippen molar-refractivity contribution in [3.05, 3.63) is 71.9 Å². The molecule has 1 aromatic heterocycles. The standard InChI is InChI=1S/C24H26N2O4/c27-18-7-3-6-16(13-18)20-8-4-12-25-22(20)9-2-1-5-17-15-26-23-11-10-19(14-21(17)23)30-24(28)29/h3-4,6-8,10-11,13-15,20,22,25-27H,1-2,5,9,12H2,(H,28,29). The van der Waals surface area contributed by atoms with Gasteiger partial charge in [-0.1, -0.05) is 30.7 Å². The molecule has 2 unspecified atom stereocenters. The van der Waals surface area contributed by atoms with Crippen LogP contribution in [0.15, 0.2) is 60.8 Å². The van der Waals surface area contributed by atoms with E-state index >= 15 is 0 Å². The molecule has 0 fully saturated rings. The van der Waals surface area contributed by atoms with Crippen molar-refractivity contribution in [1.82, 2.24) is 10.3 Å². The van der Waals surface area contributed by atoms with Crippen LogP contribution in [0.25, 0.3) is 10.9 Å². The van der Waals surface area contributed by atoms with Crippen molar-refractivity contribution >= 4 is 17.1 Å². The Morgan fingerprint density at radius 3 is 2.90 bits per heavy atom. The number of hydrogen-bond donors (Lipinski definition) is 4. The summed E-state index contributed by atoms with van der Waals surface area (Å²) in [4.78, 5) is 14.0. The van der Waals surface area contributed by atoms with Crippen molar-refractivity contribution in [1.29, 1.82) is 0 Å². The van der Waals surface area contributed by atoms with E-state index in [9.17, 15) is 9.90 Å². The quantitative estimate of drug-likeness (QED) is 0.193. The average molecular weight is 406 g/mol. The molecule has 1 aliphatic rings. The fourth-order valence-electron chi connectivity index (χ4n) is 4.26. The lowest BCUT2D eigenvalue weighted by Gasteiger charge is -2.29. The molecule has 0 saturated carbocycles. The maximum Gasteiger partial charge on any atom is 0.511 e. The van der Waals surface area contributed by atoms with Crippen LogP contribution >= 0.6 is 0 Å². The van der Waals surface area contributed by atoms with E-state index in [1.165, 1.54) is 5.56 Å². The van der Waals surface area contributed by atoms with Gasteiger partial charge in [0.15, 0.2) is 0 Å². The van der Waals surface area contributed by atoms with E-state index in [2.05, 4.69) is 28.5 Å². The first-order chi connectivity index (χ1) is 14.6. The molecule has 2 atom stereocenters. The zero-order chi connectivity index (χ0) is 20.9. The van der Waals surface area contributed by atoms with Crippen LogP contribution in [0, 0.1) is 0 Å². The first-order valence-electron chi connectivity index (χ1n) is 10.3. The maximum absolute atomic E-state index is 10.8. The molecule has 3 aromatic rings. The number of carboxylic acid groups (broad SMARTS) is 1. The number of aromatic amines is 1. The third kappa shape index (κ3) is 4.66. The van der Waals surface area contributed by atoms with Gasteiger partial charge >= 0.3 is 6.16 Å². The molecule has 4 N–H and O–H groups in total. The number of benzene rings is 2. The molecular weight excluding hydrogens is 380 g/mol. The molecule has 0 bridgehead atoms. The van der Waals surface area contributed by atoms with Crippen molar-refractivity contribution in [3.63, 3.8) is 0 Å². The Balaban J connectivity index is 1.36. The summed E-state index contributed by atoms with van der Waals surface area (Å²) in [5.74, 6) is 0.897. The normalized spacial score (nSPS) is 18.5. The third-order valence-corrected chi connectivity index (χ3v) is 5.69. The van der Waals surface area contributed by atoms with Crippen molar-refractivity contribution in [3.8, 4) is 11.5 Å². The van der Waals surface area contributed by atoms with Gasteiger partial charge in [-0.15, -0.1) is 0 Å². The Morgan fingerprint density at radius 1 is 1.17 bits per heavy atom. The van der Waals surface area contributed by atoms with Crippen LogP contribution < -0.4 is 10.1 Å². The number of unbranched alkanes of at least 4 members (excludes halogenated alkanes) is 1. The summed E-state index contributed by atoms with van der Waals surface area (Å²) >= 11 is 0. The molecule has 156 valence electrons. The van der Waals surface area contributed by atoms with Gasteiger partial charge in [-0.2, -0.15) is 0 Å². The molecule has 6 heteroatoms. The van der Waals surface area contributed by atoms with Crippen LogP contribution in [0.1, 0.15) is 36.3 Å². The molecule has 4 rings (SSSR count). The molecular formula is C24H26N2O4. The highest BCUT2D eigenvalue weighted by molar-refractivity contribution is 5.85. The van der Waals surface area contributed by atoms with Crippen LogP contribution in [-0.4, -0.2) is 33.9 Å². The largest absolute Gasteiger partial charge is 0.511 e. The van der Waals surface area contributed by atoms with E-state index in [0.717, 1.165) is 48.7 Å². The lowest BCUT2D eigenvalue weighted by atomic mass is 9.86. The molecule has 0 aliphatic carbocycles. The smallest absolute Gasteiger partial charge is 0.508 e. The Labute approximate surface area is 175 Å². The molecule has 0 spiro atoms. The SMILES string of the molecule is O=C(O)Oc1ccc2[nH]cc(CCCCC3NCC=CC3c3cccc(O)c3)c2c1. The van der Waals surface area contributed by atoms with Gasteiger partial charge in [-0.25, -0.2) is 4.79 Å². The van der Waals surface area contributed by atoms with E-state index in [-0.39, 0.29) is 5.92 Å². The Morgan fingerprint density at radius 2 is 2.07 bits per heavy atom. The van der Waals surface area contributed by atoms with E-state index in [1.54, 1.807) is 18.2 Å². The van der Waals surface area contributed by atoms with Crippen LogP contribution in [0.5, 0.6) is 11.5 Å². The monoisotopic (exact) mass is 406 g/mol. The summed E-state index contributed by atoms with van der Waals surface area (Å²) in [6.45, 7) is 0.870. The third-order valence-electron chi connectivity index (χ3n) is 5.69. The molecule has 2 aromatic carbocycles. The summed E-state index contributed by atoms with van der Waals surface area (Å²) in [6.07, 6.45) is 9.13. The highest BCUT2D eigenvalue weighted by atomic mass is 16.7. The first-order valence-corrected chi connectivity index (χ1v) is 10.3. The van der Waals surface area contributed by atoms with Crippen molar-refractivity contribution < 1.29 is 19.7 Å². The number of rotatable bonds is 7. The number of aryl methyl sites for hydroxylation is 1. The second kappa shape index (κ2) is 9.05. The van der Waals surface area contributed by atoms with Gasteiger partial charge in [0, 0.05) is 35.6 Å². The number of H-pyrrole nitrogens is 1. The number of phenolic OH excluding ortho intramolecular Hbond substituents is 1. The van der Waals surface area contributed by atoms with Crippen LogP contribution in [0.4, 0.5) is 4.79 Å². The minimum atomic E-state index is -1.30. The molecule has 0 amide bonds. The van der Waals surface area contributed by atoms with Crippen LogP contribution in [-0.2, 0) is 6.42 Å². The number of nitrogens with one attached hydrogen (secondary N) is 2. The Bertz CT molecular complexity index is 1060. The second-order valence-corrected chi connectivity index (χ2v) is 7.70. The molecule has 0 radical (unpaired) electrons. The van der Waals surface area contributed by atoms with E-state index in [4.69, 9.17) is 9.84 Å². The van der Waals surface area contributed by atoms with Crippen molar-refractivity contribution in [2.24, 2.45) is 0 Å². The summed E-state index contributed by atoms with van der Waals surface area (Å²) in [7, 11) is 0. The lowest BCUT2D eigenvalue weighted by molar-refractivity contribution is 0.144. The van der Waals surface area contributed by atoms with Gasteiger partial charge < -0.3 is 25.3 Å². The van der Waals surface area contributed by atoms with Gasteiger partial charge in [0.1, 0.15) is 11.5 Å². The summed E-state index contributed by atoms with van der Waals surface area (Å²) in [5.41, 5.74) is 3.28. The van der Waals surface area contributed by atoms with Gasteiger partial charge in [-0.3, -0.25) is 0 Å². The fraction of sp³-hybridized carbons (Fsp3) is 0.292. The van der Waals surface area contributed by atoms with Gasteiger partial charge in [0.05, 0.1) is 0 Å². The number of fused-ring (bicyclic) bond motifs is 1. The topological polar surface area (TPSA) is 94.6 Å².